The van der Waals surface area contributed by atoms with E-state index in [9.17, 15) is 9.59 Å². The second kappa shape index (κ2) is 7.77. The number of hydrogen-bond donors (Lipinski definition) is 2. The van der Waals surface area contributed by atoms with Gasteiger partial charge in [0.25, 0.3) is 5.91 Å². The molecule has 0 aromatic heterocycles. The number of carbonyl (C=O) groups is 2. The van der Waals surface area contributed by atoms with E-state index in [1.54, 1.807) is 43.3 Å². The fraction of sp³-hybridized carbons (Fsp3) is 0.263. The molecule has 0 radical (unpaired) electrons. The minimum absolute atomic E-state index is 0.244. The van der Waals surface area contributed by atoms with E-state index in [0.717, 1.165) is 12.0 Å². The molecule has 136 valence electrons. The van der Waals surface area contributed by atoms with Gasteiger partial charge in [-0.05, 0) is 30.7 Å². The lowest BCUT2D eigenvalue weighted by atomic mass is 10.1. The van der Waals surface area contributed by atoms with Crippen LogP contribution in [0.1, 0.15) is 22.3 Å². The molecule has 7 nitrogen and oxygen atoms in total. The molecule has 2 aromatic carbocycles. The average molecular weight is 356 g/mol. The van der Waals surface area contributed by atoms with Crippen molar-refractivity contribution in [3.8, 4) is 11.5 Å². The molecule has 0 bridgehead atoms. The van der Waals surface area contributed by atoms with Crippen LogP contribution in [0.25, 0.3) is 0 Å². The topological polar surface area (TPSA) is 99.9 Å². The Morgan fingerprint density at radius 3 is 2.73 bits per heavy atom. The number of nitrogens with one attached hydrogen (secondary N) is 1. The second-order valence-corrected chi connectivity index (χ2v) is 5.87. The molecule has 3 rings (SSSR count). The van der Waals surface area contributed by atoms with Gasteiger partial charge < -0.3 is 25.3 Å². The van der Waals surface area contributed by atoms with Crippen molar-refractivity contribution in [1.82, 2.24) is 0 Å². The quantitative estimate of drug-likeness (QED) is 0.645. The number of hydrogen-bond acceptors (Lipinski definition) is 6. The molecule has 0 aliphatic carbocycles. The summed E-state index contributed by atoms with van der Waals surface area (Å²) in [5, 5.41) is 2.66. The van der Waals surface area contributed by atoms with E-state index in [4.69, 9.17) is 19.9 Å². The number of nitrogens with two attached hydrogens (primary N) is 1. The highest BCUT2D eigenvalue weighted by atomic mass is 16.5. The van der Waals surface area contributed by atoms with Crippen molar-refractivity contribution in [3.05, 3.63) is 47.5 Å². The summed E-state index contributed by atoms with van der Waals surface area (Å²) in [5.41, 5.74) is 7.76. The van der Waals surface area contributed by atoms with Gasteiger partial charge in [0.15, 0.2) is 18.1 Å². The normalized spacial score (nSPS) is 12.8. The Morgan fingerprint density at radius 2 is 1.92 bits per heavy atom. The molecule has 1 amide bonds. The third kappa shape index (κ3) is 4.05. The van der Waals surface area contributed by atoms with Crippen LogP contribution in [0.4, 0.5) is 11.4 Å². The third-order valence-electron chi connectivity index (χ3n) is 3.91. The minimum Gasteiger partial charge on any atom is -0.490 e. The van der Waals surface area contributed by atoms with Gasteiger partial charge in [-0.25, -0.2) is 4.79 Å². The van der Waals surface area contributed by atoms with Gasteiger partial charge in [0.1, 0.15) is 0 Å². The van der Waals surface area contributed by atoms with Gasteiger partial charge in [0.05, 0.1) is 18.8 Å². The maximum absolute atomic E-state index is 12.1. The lowest BCUT2D eigenvalue weighted by Gasteiger charge is -2.11. The van der Waals surface area contributed by atoms with E-state index < -0.39 is 18.5 Å². The lowest BCUT2D eigenvalue weighted by Crippen LogP contribution is -2.21. The number of benzene rings is 2. The first-order chi connectivity index (χ1) is 12.5. The van der Waals surface area contributed by atoms with Crippen LogP contribution in [-0.4, -0.2) is 31.7 Å². The van der Waals surface area contributed by atoms with Crippen LogP contribution < -0.4 is 20.5 Å². The molecule has 0 atom stereocenters. The van der Waals surface area contributed by atoms with Gasteiger partial charge in [0.2, 0.25) is 0 Å². The monoisotopic (exact) mass is 356 g/mol. The van der Waals surface area contributed by atoms with Crippen molar-refractivity contribution < 1.29 is 23.8 Å². The number of carbonyl (C=O) groups excluding carboxylic acids is 2. The molecule has 0 fully saturated rings. The molecule has 26 heavy (non-hydrogen) atoms. The predicted octanol–water partition coefficient (Wildman–Crippen LogP) is 2.53. The van der Waals surface area contributed by atoms with Crippen molar-refractivity contribution in [2.45, 2.75) is 13.3 Å². The van der Waals surface area contributed by atoms with Gasteiger partial charge in [-0.2, -0.15) is 0 Å². The maximum atomic E-state index is 12.1. The average Bonchev–Trinajstić information content (AvgIpc) is 2.87. The Kier molecular flexibility index (Phi) is 5.26. The van der Waals surface area contributed by atoms with Gasteiger partial charge in [-0.1, -0.05) is 12.1 Å². The molecular formula is C19H20N2O5. The second-order valence-electron chi connectivity index (χ2n) is 5.87. The van der Waals surface area contributed by atoms with Crippen LogP contribution in [-0.2, 0) is 9.53 Å². The maximum Gasteiger partial charge on any atom is 0.340 e. The fourth-order valence-electron chi connectivity index (χ4n) is 2.51. The predicted molar refractivity (Wildman–Crippen MR) is 96.6 cm³/mol. The summed E-state index contributed by atoms with van der Waals surface area (Å²) in [4.78, 5) is 24.1. The summed E-state index contributed by atoms with van der Waals surface area (Å²) >= 11 is 0. The molecule has 3 N–H and O–H groups in total. The van der Waals surface area contributed by atoms with Gasteiger partial charge in [-0.3, -0.25) is 4.79 Å². The summed E-state index contributed by atoms with van der Waals surface area (Å²) in [6.07, 6.45) is 0.800. The van der Waals surface area contributed by atoms with Gasteiger partial charge in [0, 0.05) is 23.9 Å². The van der Waals surface area contributed by atoms with Crippen LogP contribution in [0.2, 0.25) is 0 Å². The van der Waals surface area contributed by atoms with E-state index in [2.05, 4.69) is 5.32 Å². The molecular weight excluding hydrogens is 336 g/mol. The summed E-state index contributed by atoms with van der Waals surface area (Å²) in [5.74, 6) is 0.116. The first-order valence-electron chi connectivity index (χ1n) is 8.26. The van der Waals surface area contributed by atoms with Crippen LogP contribution >= 0.6 is 0 Å². The Bertz CT molecular complexity index is 835. The molecule has 0 saturated heterocycles. The van der Waals surface area contributed by atoms with Crippen LogP contribution in [0.15, 0.2) is 36.4 Å². The van der Waals surface area contributed by atoms with E-state index in [0.29, 0.717) is 36.1 Å². The van der Waals surface area contributed by atoms with Crippen molar-refractivity contribution in [3.63, 3.8) is 0 Å². The fourth-order valence-corrected chi connectivity index (χ4v) is 2.51. The molecule has 2 aromatic rings. The van der Waals surface area contributed by atoms with Crippen molar-refractivity contribution in [2.24, 2.45) is 0 Å². The number of aryl methyl sites for hydroxylation is 1. The summed E-state index contributed by atoms with van der Waals surface area (Å²) in [6.45, 7) is 2.53. The van der Waals surface area contributed by atoms with E-state index in [1.165, 1.54) is 0 Å². The Morgan fingerprint density at radius 1 is 1.15 bits per heavy atom. The van der Waals surface area contributed by atoms with Crippen LogP contribution in [0.5, 0.6) is 11.5 Å². The van der Waals surface area contributed by atoms with Crippen molar-refractivity contribution in [1.29, 1.82) is 0 Å². The largest absolute Gasteiger partial charge is 0.490 e. The van der Waals surface area contributed by atoms with E-state index in [-0.39, 0.29) is 5.56 Å². The number of ether oxygens (including phenoxy) is 3. The first-order valence-corrected chi connectivity index (χ1v) is 8.26. The summed E-state index contributed by atoms with van der Waals surface area (Å²) in [7, 11) is 0. The summed E-state index contributed by atoms with van der Waals surface area (Å²) < 4.78 is 16.2. The first kappa shape index (κ1) is 17.6. The van der Waals surface area contributed by atoms with E-state index in [1.807, 2.05) is 0 Å². The molecule has 0 unspecified atom stereocenters. The molecule has 1 aliphatic heterocycles. The van der Waals surface area contributed by atoms with Crippen molar-refractivity contribution in [2.75, 3.05) is 30.9 Å². The number of para-hydroxylation sites is 1. The van der Waals surface area contributed by atoms with Gasteiger partial charge >= 0.3 is 5.97 Å². The Hall–Kier alpha value is -3.22. The standard InChI is InChI=1S/C19H20N2O5/c1-12-4-2-5-14(18(12)20)19(23)26-11-17(22)21-13-6-7-15-16(10-13)25-9-3-8-24-15/h2,4-7,10H,3,8-9,11,20H2,1H3,(H,21,22). The highest BCUT2D eigenvalue weighted by Gasteiger charge is 2.15. The smallest absolute Gasteiger partial charge is 0.340 e. The number of esters is 1. The molecule has 7 heteroatoms. The summed E-state index contributed by atoms with van der Waals surface area (Å²) in [6, 6.07) is 10.2. The molecule has 1 heterocycles. The molecule has 0 spiro atoms. The minimum atomic E-state index is -0.639. The number of nitrogen functional groups attached to an aromatic ring is 1. The lowest BCUT2D eigenvalue weighted by molar-refractivity contribution is -0.119. The third-order valence-corrected chi connectivity index (χ3v) is 3.91. The number of anilines is 2. The van der Waals surface area contributed by atoms with Crippen LogP contribution in [0, 0.1) is 6.92 Å². The zero-order valence-electron chi connectivity index (χ0n) is 14.4. The Labute approximate surface area is 151 Å². The number of amides is 1. The zero-order valence-corrected chi connectivity index (χ0v) is 14.4. The van der Waals surface area contributed by atoms with Crippen molar-refractivity contribution >= 4 is 23.3 Å². The zero-order chi connectivity index (χ0) is 18.5. The highest BCUT2D eigenvalue weighted by Crippen LogP contribution is 2.32. The van der Waals surface area contributed by atoms with E-state index >= 15 is 0 Å². The highest BCUT2D eigenvalue weighted by molar-refractivity contribution is 5.98. The SMILES string of the molecule is Cc1cccc(C(=O)OCC(=O)Nc2ccc3c(c2)OCCCO3)c1N. The van der Waals surface area contributed by atoms with Crippen LogP contribution in [0.3, 0.4) is 0 Å². The molecule has 1 aliphatic rings. The number of rotatable bonds is 4. The van der Waals surface area contributed by atoms with Gasteiger partial charge in [-0.15, -0.1) is 0 Å². The Balaban J connectivity index is 1.58. The molecule has 0 saturated carbocycles. The number of fused-ring (bicyclic) bond motifs is 1.